The molecule has 1 saturated heterocycles. The van der Waals surface area contributed by atoms with Gasteiger partial charge in [0, 0.05) is 43.3 Å². The Balaban J connectivity index is 1.36. The molecule has 1 fully saturated rings. The number of nitrogens with one attached hydrogen (secondary N) is 1. The van der Waals surface area contributed by atoms with Gasteiger partial charge in [-0.05, 0) is 55.3 Å². The highest BCUT2D eigenvalue weighted by molar-refractivity contribution is 7.99. The van der Waals surface area contributed by atoms with Crippen molar-refractivity contribution in [2.24, 2.45) is 0 Å². The molecule has 1 heterocycles. The molecule has 0 spiro atoms. The first-order valence-electron chi connectivity index (χ1n) is 9.67. The van der Waals surface area contributed by atoms with Crippen LogP contribution in [0.25, 0.3) is 0 Å². The topological polar surface area (TPSA) is 35.6 Å². The zero-order valence-corrected chi connectivity index (χ0v) is 17.1. The van der Waals surface area contributed by atoms with Crippen molar-refractivity contribution in [1.82, 2.24) is 10.2 Å². The maximum absolute atomic E-state index is 12.4. The van der Waals surface area contributed by atoms with Crippen molar-refractivity contribution in [2.75, 3.05) is 43.4 Å². The number of hydrogen-bond donors (Lipinski definition) is 1. The van der Waals surface area contributed by atoms with Gasteiger partial charge in [0.2, 0.25) is 0 Å². The second-order valence-corrected chi connectivity index (χ2v) is 8.11. The molecule has 5 heteroatoms. The number of carbonyl (C=O) groups is 1. The van der Waals surface area contributed by atoms with Crippen molar-refractivity contribution >= 4 is 23.5 Å². The molecule has 1 N–H and O–H groups in total. The fourth-order valence-corrected chi connectivity index (χ4v) is 4.19. The summed E-state index contributed by atoms with van der Waals surface area (Å²) in [5, 5.41) is 3.07. The summed E-state index contributed by atoms with van der Waals surface area (Å²) in [6, 6.07) is 16.9. The minimum atomic E-state index is 0.0697. The SMILES string of the molecule is Cc1cccc(N2CCN(C(=O)NCCCSc3ccccc3)CC2)c1C. The van der Waals surface area contributed by atoms with Crippen molar-refractivity contribution in [3.63, 3.8) is 0 Å². The zero-order valence-electron chi connectivity index (χ0n) is 16.3. The summed E-state index contributed by atoms with van der Waals surface area (Å²) in [7, 11) is 0. The van der Waals surface area contributed by atoms with Gasteiger partial charge in [-0.1, -0.05) is 30.3 Å². The monoisotopic (exact) mass is 383 g/mol. The average Bonchev–Trinajstić information content (AvgIpc) is 2.70. The third kappa shape index (κ3) is 5.42. The summed E-state index contributed by atoms with van der Waals surface area (Å²) in [6.07, 6.45) is 0.980. The molecule has 4 nitrogen and oxygen atoms in total. The van der Waals surface area contributed by atoms with Gasteiger partial charge in [-0.2, -0.15) is 0 Å². The summed E-state index contributed by atoms with van der Waals surface area (Å²) in [5.41, 5.74) is 3.96. The number of aryl methyl sites for hydroxylation is 1. The quantitative estimate of drug-likeness (QED) is 0.596. The van der Waals surface area contributed by atoms with Crippen molar-refractivity contribution in [3.8, 4) is 0 Å². The lowest BCUT2D eigenvalue weighted by Crippen LogP contribution is -2.52. The molecule has 1 aliphatic heterocycles. The molecule has 2 amide bonds. The molecule has 144 valence electrons. The molecule has 0 aliphatic carbocycles. The molecular formula is C22H29N3OS. The van der Waals surface area contributed by atoms with Crippen LogP contribution in [-0.4, -0.2) is 49.4 Å². The highest BCUT2D eigenvalue weighted by Gasteiger charge is 2.21. The molecule has 2 aromatic rings. The fraction of sp³-hybridized carbons (Fsp3) is 0.409. The number of anilines is 1. The van der Waals surface area contributed by atoms with Crippen LogP contribution in [0.5, 0.6) is 0 Å². The van der Waals surface area contributed by atoms with Crippen LogP contribution in [-0.2, 0) is 0 Å². The maximum atomic E-state index is 12.4. The van der Waals surface area contributed by atoms with Gasteiger partial charge in [0.15, 0.2) is 0 Å². The second kappa shape index (κ2) is 9.70. The Morgan fingerprint density at radius 3 is 2.48 bits per heavy atom. The van der Waals surface area contributed by atoms with E-state index >= 15 is 0 Å². The maximum Gasteiger partial charge on any atom is 0.317 e. The molecule has 0 atom stereocenters. The normalized spacial score (nSPS) is 14.3. The van der Waals surface area contributed by atoms with Gasteiger partial charge in [-0.15, -0.1) is 11.8 Å². The third-order valence-corrected chi connectivity index (χ3v) is 6.19. The number of benzene rings is 2. The van der Waals surface area contributed by atoms with Gasteiger partial charge in [0.05, 0.1) is 0 Å². The van der Waals surface area contributed by atoms with Crippen LogP contribution in [0, 0.1) is 13.8 Å². The van der Waals surface area contributed by atoms with Crippen molar-refractivity contribution in [3.05, 3.63) is 59.7 Å². The van der Waals surface area contributed by atoms with E-state index in [0.717, 1.165) is 44.9 Å². The van der Waals surface area contributed by atoms with E-state index in [1.54, 1.807) is 0 Å². The Kier molecular flexibility index (Phi) is 7.04. The second-order valence-electron chi connectivity index (χ2n) is 6.94. The van der Waals surface area contributed by atoms with Crippen LogP contribution in [0.15, 0.2) is 53.4 Å². The lowest BCUT2D eigenvalue weighted by Gasteiger charge is -2.37. The molecular weight excluding hydrogens is 354 g/mol. The molecule has 0 aromatic heterocycles. The van der Waals surface area contributed by atoms with E-state index in [1.165, 1.54) is 21.7 Å². The molecule has 3 rings (SSSR count). The number of thioether (sulfide) groups is 1. The summed E-state index contributed by atoms with van der Waals surface area (Å²) >= 11 is 1.84. The van der Waals surface area contributed by atoms with Crippen LogP contribution < -0.4 is 10.2 Å². The van der Waals surface area contributed by atoms with E-state index in [1.807, 2.05) is 22.7 Å². The van der Waals surface area contributed by atoms with Crippen molar-refractivity contribution < 1.29 is 4.79 Å². The lowest BCUT2D eigenvalue weighted by atomic mass is 10.1. The highest BCUT2D eigenvalue weighted by atomic mass is 32.2. The first-order chi connectivity index (χ1) is 13.1. The predicted octanol–water partition coefficient (Wildman–Crippen LogP) is 4.32. The highest BCUT2D eigenvalue weighted by Crippen LogP contribution is 2.23. The van der Waals surface area contributed by atoms with E-state index in [0.29, 0.717) is 0 Å². The molecule has 0 radical (unpaired) electrons. The van der Waals surface area contributed by atoms with Crippen LogP contribution >= 0.6 is 11.8 Å². The number of urea groups is 1. The molecule has 2 aromatic carbocycles. The standard InChI is InChI=1S/C22H29N3OS/c1-18-8-6-11-21(19(18)2)24-13-15-25(16-14-24)22(26)23-12-7-17-27-20-9-4-3-5-10-20/h3-6,8-11H,7,12-17H2,1-2H3,(H,23,26). The largest absolute Gasteiger partial charge is 0.368 e. The Labute approximate surface area is 166 Å². The van der Waals surface area contributed by atoms with Crippen LogP contribution in [0.2, 0.25) is 0 Å². The van der Waals surface area contributed by atoms with Gasteiger partial charge in [-0.3, -0.25) is 0 Å². The van der Waals surface area contributed by atoms with Gasteiger partial charge in [0.1, 0.15) is 0 Å². The van der Waals surface area contributed by atoms with Gasteiger partial charge >= 0.3 is 6.03 Å². The van der Waals surface area contributed by atoms with E-state index in [9.17, 15) is 4.79 Å². The molecule has 0 bridgehead atoms. The summed E-state index contributed by atoms with van der Waals surface area (Å²) in [6.45, 7) is 8.39. The minimum Gasteiger partial charge on any atom is -0.368 e. The predicted molar refractivity (Wildman–Crippen MR) is 115 cm³/mol. The molecule has 0 unspecified atom stereocenters. The first kappa shape index (κ1) is 19.6. The smallest absolute Gasteiger partial charge is 0.317 e. The van der Waals surface area contributed by atoms with E-state index in [4.69, 9.17) is 0 Å². The third-order valence-electron chi connectivity index (χ3n) is 5.09. The van der Waals surface area contributed by atoms with Gasteiger partial charge < -0.3 is 15.1 Å². The summed E-state index contributed by atoms with van der Waals surface area (Å²) < 4.78 is 0. The van der Waals surface area contributed by atoms with Gasteiger partial charge in [0.25, 0.3) is 0 Å². The Bertz CT molecular complexity index is 742. The molecule has 1 aliphatic rings. The molecule has 0 saturated carbocycles. The van der Waals surface area contributed by atoms with Crippen LogP contribution in [0.4, 0.5) is 10.5 Å². The first-order valence-corrected chi connectivity index (χ1v) is 10.7. The Hall–Kier alpha value is -2.14. The zero-order chi connectivity index (χ0) is 19.1. The molecule has 27 heavy (non-hydrogen) atoms. The number of nitrogens with zero attached hydrogens (tertiary/aromatic N) is 2. The van der Waals surface area contributed by atoms with E-state index < -0.39 is 0 Å². The fourth-order valence-electron chi connectivity index (χ4n) is 3.31. The van der Waals surface area contributed by atoms with E-state index in [-0.39, 0.29) is 6.03 Å². The van der Waals surface area contributed by atoms with Crippen molar-refractivity contribution in [1.29, 1.82) is 0 Å². The van der Waals surface area contributed by atoms with Crippen LogP contribution in [0.3, 0.4) is 0 Å². The van der Waals surface area contributed by atoms with Crippen LogP contribution in [0.1, 0.15) is 17.5 Å². The Morgan fingerprint density at radius 2 is 1.74 bits per heavy atom. The lowest BCUT2D eigenvalue weighted by molar-refractivity contribution is 0.194. The number of rotatable bonds is 6. The number of carbonyl (C=O) groups excluding carboxylic acids is 1. The number of amides is 2. The van der Waals surface area contributed by atoms with Crippen molar-refractivity contribution in [2.45, 2.75) is 25.2 Å². The summed E-state index contributed by atoms with van der Waals surface area (Å²) in [4.78, 5) is 18.0. The summed E-state index contributed by atoms with van der Waals surface area (Å²) in [5.74, 6) is 1.02. The minimum absolute atomic E-state index is 0.0697. The van der Waals surface area contributed by atoms with Gasteiger partial charge in [-0.25, -0.2) is 4.79 Å². The number of piperazine rings is 1. The number of hydrogen-bond acceptors (Lipinski definition) is 3. The van der Waals surface area contributed by atoms with E-state index in [2.05, 4.69) is 66.5 Å². The average molecular weight is 384 g/mol. The Morgan fingerprint density at radius 1 is 1.00 bits per heavy atom.